The molecule has 0 heterocycles. The Bertz CT molecular complexity index is 594. The Labute approximate surface area is 109 Å². The molecule has 0 unspecified atom stereocenters. The number of ether oxygens (including phenoxy) is 1. The second-order valence-corrected chi connectivity index (χ2v) is 4.01. The molecule has 0 aliphatic heterocycles. The van der Waals surface area contributed by atoms with Gasteiger partial charge in [-0.15, -0.1) is 0 Å². The normalized spacial score (nSPS) is 10.5. The lowest BCUT2D eigenvalue weighted by Crippen LogP contribution is -2.03. The highest BCUT2D eigenvalue weighted by Gasteiger charge is 2.11. The maximum Gasteiger partial charge on any atom is 0.387 e. The van der Waals surface area contributed by atoms with E-state index < -0.39 is 6.61 Å². The van der Waals surface area contributed by atoms with Gasteiger partial charge in [0.25, 0.3) is 0 Å². The van der Waals surface area contributed by atoms with E-state index in [2.05, 4.69) is 4.74 Å². The molecule has 0 aliphatic carbocycles. The number of Topliss-reactive ketones (excluding diaryl/α,β-unsaturated/α-hetero) is 1. The average Bonchev–Trinajstić information content (AvgIpc) is 2.39. The monoisotopic (exact) mass is 262 g/mol. The van der Waals surface area contributed by atoms with Gasteiger partial charge in [0, 0.05) is 11.1 Å². The fraction of sp³-hybridized carbons (Fsp3) is 0.133. The van der Waals surface area contributed by atoms with Crippen LogP contribution in [0, 0.1) is 0 Å². The van der Waals surface area contributed by atoms with Crippen molar-refractivity contribution in [2.45, 2.75) is 13.5 Å². The molecular formula is C15H12F2O2. The minimum absolute atomic E-state index is 0.0749. The van der Waals surface area contributed by atoms with E-state index in [0.29, 0.717) is 16.7 Å². The van der Waals surface area contributed by atoms with Crippen LogP contribution in [0.1, 0.15) is 17.3 Å². The summed E-state index contributed by atoms with van der Waals surface area (Å²) in [6, 6.07) is 13.3. The van der Waals surface area contributed by atoms with Crippen molar-refractivity contribution < 1.29 is 18.3 Å². The first kappa shape index (κ1) is 13.2. The summed E-state index contributed by atoms with van der Waals surface area (Å²) < 4.78 is 29.2. The molecular weight excluding hydrogens is 250 g/mol. The van der Waals surface area contributed by atoms with Gasteiger partial charge < -0.3 is 4.74 Å². The van der Waals surface area contributed by atoms with Crippen LogP contribution in [0.5, 0.6) is 5.75 Å². The van der Waals surface area contributed by atoms with Gasteiger partial charge >= 0.3 is 6.61 Å². The third-order valence-electron chi connectivity index (χ3n) is 2.68. The number of carbonyl (C=O) groups is 1. The topological polar surface area (TPSA) is 26.3 Å². The Morgan fingerprint density at radius 2 is 1.84 bits per heavy atom. The van der Waals surface area contributed by atoms with Crippen LogP contribution in [0.4, 0.5) is 8.78 Å². The Morgan fingerprint density at radius 3 is 2.53 bits per heavy atom. The van der Waals surface area contributed by atoms with Crippen LogP contribution in [0.2, 0.25) is 0 Å². The first-order valence-corrected chi connectivity index (χ1v) is 5.73. The van der Waals surface area contributed by atoms with Crippen molar-refractivity contribution in [3.63, 3.8) is 0 Å². The zero-order valence-corrected chi connectivity index (χ0v) is 10.3. The minimum Gasteiger partial charge on any atom is -0.434 e. The van der Waals surface area contributed by atoms with Gasteiger partial charge in [-0.3, -0.25) is 4.79 Å². The minimum atomic E-state index is -2.88. The van der Waals surface area contributed by atoms with E-state index in [4.69, 9.17) is 0 Å². The molecule has 0 aromatic heterocycles. The fourth-order valence-corrected chi connectivity index (χ4v) is 1.81. The molecule has 19 heavy (non-hydrogen) atoms. The highest BCUT2D eigenvalue weighted by atomic mass is 19.3. The molecule has 2 nitrogen and oxygen atoms in total. The molecule has 0 atom stereocenters. The predicted molar refractivity (Wildman–Crippen MR) is 68.5 cm³/mol. The van der Waals surface area contributed by atoms with Gasteiger partial charge in [-0.05, 0) is 24.6 Å². The molecule has 0 fully saturated rings. The molecule has 0 saturated carbocycles. The second-order valence-electron chi connectivity index (χ2n) is 4.01. The third-order valence-corrected chi connectivity index (χ3v) is 2.68. The van der Waals surface area contributed by atoms with Crippen molar-refractivity contribution in [2.24, 2.45) is 0 Å². The number of hydrogen-bond acceptors (Lipinski definition) is 2. The Hall–Kier alpha value is -2.23. The quantitative estimate of drug-likeness (QED) is 0.773. The predicted octanol–water partition coefficient (Wildman–Crippen LogP) is 4.16. The van der Waals surface area contributed by atoms with Gasteiger partial charge in [0.2, 0.25) is 0 Å². The summed E-state index contributed by atoms with van der Waals surface area (Å²) >= 11 is 0. The number of hydrogen-bond donors (Lipinski definition) is 0. The van der Waals surface area contributed by atoms with Gasteiger partial charge in [0.15, 0.2) is 5.78 Å². The molecule has 0 saturated heterocycles. The first-order chi connectivity index (χ1) is 9.08. The van der Waals surface area contributed by atoms with Gasteiger partial charge in [0.1, 0.15) is 5.75 Å². The SMILES string of the molecule is CC(=O)c1cccc(-c2ccccc2OC(F)F)c1. The Balaban J connectivity index is 2.46. The lowest BCUT2D eigenvalue weighted by atomic mass is 10.0. The maximum absolute atomic E-state index is 12.3. The highest BCUT2D eigenvalue weighted by molar-refractivity contribution is 5.95. The molecule has 0 radical (unpaired) electrons. The van der Waals surface area contributed by atoms with E-state index in [-0.39, 0.29) is 11.5 Å². The molecule has 2 aromatic rings. The summed E-state index contributed by atoms with van der Waals surface area (Å²) in [6.07, 6.45) is 0. The van der Waals surface area contributed by atoms with Crippen molar-refractivity contribution in [1.29, 1.82) is 0 Å². The summed E-state index contributed by atoms with van der Waals surface area (Å²) in [6.45, 7) is -1.42. The highest BCUT2D eigenvalue weighted by Crippen LogP contribution is 2.31. The summed E-state index contributed by atoms with van der Waals surface area (Å²) in [7, 11) is 0. The molecule has 0 spiro atoms. The molecule has 0 bridgehead atoms. The van der Waals surface area contributed by atoms with Crippen LogP contribution >= 0.6 is 0 Å². The first-order valence-electron chi connectivity index (χ1n) is 5.73. The van der Waals surface area contributed by atoms with Gasteiger partial charge in [0.05, 0.1) is 0 Å². The molecule has 2 rings (SSSR count). The summed E-state index contributed by atoms with van der Waals surface area (Å²) in [5.74, 6) is 0.0207. The van der Waals surface area contributed by atoms with Crippen LogP contribution in [-0.2, 0) is 0 Å². The number of alkyl halides is 2. The van der Waals surface area contributed by atoms with Crippen LogP contribution in [0.3, 0.4) is 0 Å². The standard InChI is InChI=1S/C15H12F2O2/c1-10(18)11-5-4-6-12(9-11)13-7-2-3-8-14(13)19-15(16)17/h2-9,15H,1H3. The van der Waals surface area contributed by atoms with Crippen molar-refractivity contribution in [3.05, 3.63) is 54.1 Å². The molecule has 0 N–H and O–H groups in total. The molecule has 0 amide bonds. The zero-order valence-electron chi connectivity index (χ0n) is 10.3. The van der Waals surface area contributed by atoms with Gasteiger partial charge in [-0.1, -0.05) is 36.4 Å². The van der Waals surface area contributed by atoms with Crippen molar-refractivity contribution >= 4 is 5.78 Å². The average molecular weight is 262 g/mol. The van der Waals surface area contributed by atoms with Crippen LogP contribution in [-0.4, -0.2) is 12.4 Å². The van der Waals surface area contributed by atoms with E-state index in [1.54, 1.807) is 42.5 Å². The van der Waals surface area contributed by atoms with Crippen molar-refractivity contribution in [3.8, 4) is 16.9 Å². The zero-order chi connectivity index (χ0) is 13.8. The molecule has 0 aliphatic rings. The maximum atomic E-state index is 12.3. The summed E-state index contributed by atoms with van der Waals surface area (Å²) in [5.41, 5.74) is 1.74. The smallest absolute Gasteiger partial charge is 0.387 e. The van der Waals surface area contributed by atoms with Crippen LogP contribution < -0.4 is 4.74 Å². The summed E-state index contributed by atoms with van der Waals surface area (Å²) in [4.78, 5) is 11.3. The summed E-state index contributed by atoms with van der Waals surface area (Å²) in [5, 5.41) is 0. The van der Waals surface area contributed by atoms with E-state index in [9.17, 15) is 13.6 Å². The van der Waals surface area contributed by atoms with Gasteiger partial charge in [-0.25, -0.2) is 0 Å². The molecule has 98 valence electrons. The van der Waals surface area contributed by atoms with Crippen molar-refractivity contribution in [1.82, 2.24) is 0 Å². The number of carbonyl (C=O) groups excluding carboxylic acids is 1. The third kappa shape index (κ3) is 3.16. The van der Waals surface area contributed by atoms with E-state index >= 15 is 0 Å². The van der Waals surface area contributed by atoms with E-state index in [1.165, 1.54) is 13.0 Å². The van der Waals surface area contributed by atoms with Crippen molar-refractivity contribution in [2.75, 3.05) is 0 Å². The van der Waals surface area contributed by atoms with E-state index in [0.717, 1.165) is 0 Å². The lowest BCUT2D eigenvalue weighted by Gasteiger charge is -2.11. The van der Waals surface area contributed by atoms with Crippen LogP contribution in [0.25, 0.3) is 11.1 Å². The molecule has 2 aromatic carbocycles. The number of halogens is 2. The number of para-hydroxylation sites is 1. The van der Waals surface area contributed by atoms with E-state index in [1.807, 2.05) is 0 Å². The Morgan fingerprint density at radius 1 is 1.11 bits per heavy atom. The Kier molecular flexibility index (Phi) is 3.90. The molecule has 4 heteroatoms. The number of rotatable bonds is 4. The largest absolute Gasteiger partial charge is 0.434 e. The second kappa shape index (κ2) is 5.61. The number of benzene rings is 2. The van der Waals surface area contributed by atoms with Crippen LogP contribution in [0.15, 0.2) is 48.5 Å². The fourth-order valence-electron chi connectivity index (χ4n) is 1.81. The lowest BCUT2D eigenvalue weighted by molar-refractivity contribution is -0.0494. The van der Waals surface area contributed by atoms with Gasteiger partial charge in [-0.2, -0.15) is 8.78 Å². The number of ketones is 1.